The molecule has 1 heterocycles. The van der Waals surface area contributed by atoms with Gasteiger partial charge in [-0.2, -0.15) is 18.4 Å². The van der Waals surface area contributed by atoms with Crippen molar-refractivity contribution in [3.05, 3.63) is 29.8 Å². The van der Waals surface area contributed by atoms with Gasteiger partial charge in [0.25, 0.3) is 0 Å². The summed E-state index contributed by atoms with van der Waals surface area (Å²) >= 11 is 0. The van der Waals surface area contributed by atoms with Crippen LogP contribution in [-0.2, 0) is 11.2 Å². The second-order valence-electron chi connectivity index (χ2n) is 5.68. The second-order valence-corrected chi connectivity index (χ2v) is 5.68. The molecule has 1 N–H and O–H groups in total. The smallest absolute Gasteiger partial charge is 0.417 e. The van der Waals surface area contributed by atoms with Crippen molar-refractivity contribution < 1.29 is 27.8 Å². The summed E-state index contributed by atoms with van der Waals surface area (Å²) in [6.07, 6.45) is -5.70. The van der Waals surface area contributed by atoms with E-state index in [4.69, 9.17) is 10.00 Å². The molecule has 0 bridgehead atoms. The number of benzene rings is 1. The summed E-state index contributed by atoms with van der Waals surface area (Å²) in [6.45, 7) is -0.390. The number of likely N-dealkylation sites (tertiary alicyclic amines) is 1. The van der Waals surface area contributed by atoms with Crippen molar-refractivity contribution in [2.45, 2.75) is 31.0 Å². The number of halogens is 3. The number of alkyl halides is 3. The third-order valence-electron chi connectivity index (χ3n) is 4.03. The highest BCUT2D eigenvalue weighted by Gasteiger charge is 2.54. The molecule has 1 saturated heterocycles. The van der Waals surface area contributed by atoms with Crippen LogP contribution in [-0.4, -0.2) is 47.4 Å². The maximum absolute atomic E-state index is 12.8. The van der Waals surface area contributed by atoms with Gasteiger partial charge in [-0.05, 0) is 17.7 Å². The fourth-order valence-electron chi connectivity index (χ4n) is 2.56. The highest BCUT2D eigenvalue weighted by Crippen LogP contribution is 2.38. The molecule has 0 unspecified atom stereocenters. The van der Waals surface area contributed by atoms with Gasteiger partial charge in [0, 0.05) is 25.9 Å². The average Bonchev–Trinajstić information content (AvgIpc) is 2.53. The van der Waals surface area contributed by atoms with Crippen LogP contribution in [0, 0.1) is 11.3 Å². The molecule has 1 amide bonds. The number of carbonyl (C=O) groups is 1. The van der Waals surface area contributed by atoms with Crippen LogP contribution in [0.3, 0.4) is 0 Å². The maximum Gasteiger partial charge on any atom is 0.417 e. The molecular formula is C16H17F3N2O3. The molecule has 0 saturated carbocycles. The lowest BCUT2D eigenvalue weighted by Crippen LogP contribution is -2.54. The van der Waals surface area contributed by atoms with E-state index in [0.29, 0.717) is 11.3 Å². The zero-order chi connectivity index (χ0) is 17.8. The van der Waals surface area contributed by atoms with Gasteiger partial charge in [-0.3, -0.25) is 4.79 Å². The predicted octanol–water partition coefficient (Wildman–Crippen LogP) is 2.05. The number of carbonyl (C=O) groups excluding carboxylic acids is 1. The van der Waals surface area contributed by atoms with E-state index in [1.54, 1.807) is 24.3 Å². The van der Waals surface area contributed by atoms with Crippen molar-refractivity contribution in [3.63, 3.8) is 0 Å². The highest BCUT2D eigenvalue weighted by atomic mass is 19.4. The van der Waals surface area contributed by atoms with Crippen LogP contribution < -0.4 is 4.74 Å². The lowest BCUT2D eigenvalue weighted by atomic mass is 9.90. The first-order chi connectivity index (χ1) is 11.2. The second kappa shape index (κ2) is 7.09. The maximum atomic E-state index is 12.8. The number of nitriles is 1. The Morgan fingerprint density at radius 3 is 2.62 bits per heavy atom. The van der Waals surface area contributed by atoms with Crippen molar-refractivity contribution in [2.24, 2.45) is 0 Å². The highest BCUT2D eigenvalue weighted by molar-refractivity contribution is 5.79. The van der Waals surface area contributed by atoms with Crippen molar-refractivity contribution >= 4 is 5.91 Å². The molecule has 8 heteroatoms. The molecule has 1 aromatic carbocycles. The summed E-state index contributed by atoms with van der Waals surface area (Å²) in [5, 5.41) is 18.1. The molecule has 5 nitrogen and oxygen atoms in total. The third-order valence-corrected chi connectivity index (χ3v) is 4.03. The fraction of sp³-hybridized carbons (Fsp3) is 0.500. The lowest BCUT2D eigenvalue weighted by molar-refractivity contribution is -0.272. The minimum absolute atomic E-state index is 0.0220. The summed E-state index contributed by atoms with van der Waals surface area (Å²) < 4.78 is 43.4. The van der Waals surface area contributed by atoms with E-state index in [0.717, 1.165) is 0 Å². The molecule has 1 aliphatic heterocycles. The van der Waals surface area contributed by atoms with Gasteiger partial charge in [0.2, 0.25) is 5.91 Å². The average molecular weight is 342 g/mol. The zero-order valence-corrected chi connectivity index (χ0v) is 12.8. The Balaban J connectivity index is 1.94. The summed E-state index contributed by atoms with van der Waals surface area (Å²) in [5.41, 5.74) is -2.07. The van der Waals surface area contributed by atoms with E-state index in [1.165, 1.54) is 4.90 Å². The number of amides is 1. The first-order valence-corrected chi connectivity index (χ1v) is 7.41. The number of hydrogen-bond acceptors (Lipinski definition) is 4. The van der Waals surface area contributed by atoms with Crippen molar-refractivity contribution in [1.82, 2.24) is 4.90 Å². The summed E-state index contributed by atoms with van der Waals surface area (Å²) in [5.74, 6) is 0.142. The fourth-order valence-corrected chi connectivity index (χ4v) is 2.56. The Morgan fingerprint density at radius 2 is 2.04 bits per heavy atom. The molecule has 0 radical (unpaired) electrons. The minimum atomic E-state index is -4.69. The molecule has 0 atom stereocenters. The van der Waals surface area contributed by atoms with Crippen LogP contribution in [0.15, 0.2) is 24.3 Å². The van der Waals surface area contributed by atoms with Crippen LogP contribution in [0.4, 0.5) is 13.2 Å². The quantitative estimate of drug-likeness (QED) is 0.909. The Kier molecular flexibility index (Phi) is 5.34. The monoisotopic (exact) mass is 342 g/mol. The Labute approximate surface area is 137 Å². The van der Waals surface area contributed by atoms with E-state index >= 15 is 0 Å². The molecule has 1 aromatic rings. The van der Waals surface area contributed by atoms with Gasteiger partial charge in [-0.15, -0.1) is 0 Å². The first-order valence-electron chi connectivity index (χ1n) is 7.41. The van der Waals surface area contributed by atoms with Crippen LogP contribution in [0.5, 0.6) is 5.75 Å². The minimum Gasteiger partial charge on any atom is -0.479 e. The van der Waals surface area contributed by atoms with Crippen LogP contribution in [0.1, 0.15) is 18.4 Å². The number of nitrogens with zero attached hydrogens (tertiary/aromatic N) is 2. The summed E-state index contributed by atoms with van der Waals surface area (Å²) in [4.78, 5) is 13.5. The molecule has 1 aliphatic rings. The SMILES string of the molecule is N#CCOc1cccc(CC(=O)N2CCC(O)(C(F)(F)F)CC2)c1. The van der Waals surface area contributed by atoms with E-state index in [9.17, 15) is 23.1 Å². The van der Waals surface area contributed by atoms with E-state index in [-0.39, 0.29) is 32.0 Å². The van der Waals surface area contributed by atoms with Gasteiger partial charge in [0.15, 0.2) is 12.2 Å². The van der Waals surface area contributed by atoms with Crippen molar-refractivity contribution in [1.29, 1.82) is 5.26 Å². The number of piperidine rings is 1. The van der Waals surface area contributed by atoms with Crippen LogP contribution in [0.25, 0.3) is 0 Å². The molecule has 2 rings (SSSR count). The molecule has 24 heavy (non-hydrogen) atoms. The summed E-state index contributed by atoms with van der Waals surface area (Å²) in [6, 6.07) is 8.48. The topological polar surface area (TPSA) is 73.6 Å². The Bertz CT molecular complexity index is 632. The number of hydrogen-bond donors (Lipinski definition) is 1. The number of ether oxygens (including phenoxy) is 1. The Hall–Kier alpha value is -2.27. The van der Waals surface area contributed by atoms with Gasteiger partial charge in [-0.25, -0.2) is 0 Å². The van der Waals surface area contributed by atoms with E-state index in [2.05, 4.69) is 0 Å². The third kappa shape index (κ3) is 4.17. The predicted molar refractivity (Wildman–Crippen MR) is 78.1 cm³/mol. The molecule has 130 valence electrons. The molecule has 1 fully saturated rings. The standard InChI is InChI=1S/C16H17F3N2O3/c17-16(18,19)15(23)4-7-21(8-5-15)14(22)11-12-2-1-3-13(10-12)24-9-6-20/h1-3,10,23H,4-5,7-9,11H2. The normalized spacial score (nSPS) is 17.2. The largest absolute Gasteiger partial charge is 0.479 e. The zero-order valence-electron chi connectivity index (χ0n) is 12.8. The molecule has 0 spiro atoms. The van der Waals surface area contributed by atoms with Crippen LogP contribution >= 0.6 is 0 Å². The van der Waals surface area contributed by atoms with Crippen LogP contribution in [0.2, 0.25) is 0 Å². The first kappa shape index (κ1) is 18.1. The Morgan fingerprint density at radius 1 is 1.38 bits per heavy atom. The van der Waals surface area contributed by atoms with Crippen molar-refractivity contribution in [3.8, 4) is 11.8 Å². The van der Waals surface area contributed by atoms with Gasteiger partial charge in [-0.1, -0.05) is 12.1 Å². The molecular weight excluding hydrogens is 325 g/mol. The number of rotatable bonds is 4. The van der Waals surface area contributed by atoms with Crippen molar-refractivity contribution in [2.75, 3.05) is 19.7 Å². The lowest BCUT2D eigenvalue weighted by Gasteiger charge is -2.39. The van der Waals surface area contributed by atoms with E-state index in [1.807, 2.05) is 6.07 Å². The van der Waals surface area contributed by atoms with Gasteiger partial charge < -0.3 is 14.7 Å². The summed E-state index contributed by atoms with van der Waals surface area (Å²) in [7, 11) is 0. The van der Waals surface area contributed by atoms with Gasteiger partial charge in [0.05, 0.1) is 6.42 Å². The molecule has 0 aliphatic carbocycles. The number of aliphatic hydroxyl groups is 1. The van der Waals surface area contributed by atoms with Gasteiger partial charge in [0.1, 0.15) is 11.8 Å². The van der Waals surface area contributed by atoms with Gasteiger partial charge >= 0.3 is 6.18 Å². The van der Waals surface area contributed by atoms with E-state index < -0.39 is 24.6 Å². The molecule has 0 aromatic heterocycles.